The second kappa shape index (κ2) is 4.42. The van der Waals surface area contributed by atoms with Crippen LogP contribution in [0.3, 0.4) is 0 Å². The highest BCUT2D eigenvalue weighted by molar-refractivity contribution is 7.92. The van der Waals surface area contributed by atoms with Crippen molar-refractivity contribution in [3.8, 4) is 0 Å². The molecule has 0 aliphatic heterocycles. The molecule has 0 amide bonds. The van der Waals surface area contributed by atoms with Crippen LogP contribution in [0.5, 0.6) is 0 Å². The molecule has 0 unspecified atom stereocenters. The van der Waals surface area contributed by atoms with Gasteiger partial charge in [0.1, 0.15) is 0 Å². The van der Waals surface area contributed by atoms with Gasteiger partial charge in [0.25, 0.3) is 10.0 Å². The van der Waals surface area contributed by atoms with Crippen LogP contribution in [0.2, 0.25) is 0 Å². The van der Waals surface area contributed by atoms with Gasteiger partial charge in [-0.05, 0) is 6.92 Å². The van der Waals surface area contributed by atoms with Gasteiger partial charge in [0.2, 0.25) is 0 Å². The summed E-state index contributed by atoms with van der Waals surface area (Å²) in [6.07, 6.45) is 2.83. The van der Waals surface area contributed by atoms with Crippen molar-refractivity contribution in [2.45, 2.75) is 18.6 Å². The molecule has 9 heteroatoms. The number of aromatic amines is 1. The molecule has 0 aliphatic rings. The molecule has 0 radical (unpaired) electrons. The van der Waals surface area contributed by atoms with Gasteiger partial charge in [0, 0.05) is 18.8 Å². The van der Waals surface area contributed by atoms with E-state index < -0.39 is 16.6 Å². The normalized spacial score (nSPS) is 11.7. The number of rotatable bonds is 4. The number of nitrogens with zero attached hydrogens (tertiary/aromatic N) is 3. The van der Waals surface area contributed by atoms with Gasteiger partial charge >= 0.3 is 0 Å². The minimum atomic E-state index is -3.80. The molecule has 0 spiro atoms. The summed E-state index contributed by atoms with van der Waals surface area (Å²) in [6, 6.07) is 0. The minimum Gasteiger partial charge on any atom is -0.392 e. The Hall–Kier alpha value is -1.87. The lowest BCUT2D eigenvalue weighted by Crippen LogP contribution is -2.15. The Morgan fingerprint density at radius 2 is 2.28 bits per heavy atom. The van der Waals surface area contributed by atoms with Gasteiger partial charge in [0.05, 0.1) is 24.2 Å². The fraction of sp³-hybridized carbons (Fsp3) is 0.333. The number of sulfonamides is 1. The van der Waals surface area contributed by atoms with E-state index >= 15 is 0 Å². The smallest absolute Gasteiger partial charge is 0.279 e. The first-order valence-electron chi connectivity index (χ1n) is 5.10. The lowest BCUT2D eigenvalue weighted by Gasteiger charge is -2.05. The molecule has 98 valence electrons. The van der Waals surface area contributed by atoms with Gasteiger partial charge in [-0.25, -0.2) is 0 Å². The van der Waals surface area contributed by atoms with E-state index in [9.17, 15) is 8.42 Å². The second-order valence-corrected chi connectivity index (χ2v) is 5.41. The molecule has 18 heavy (non-hydrogen) atoms. The summed E-state index contributed by atoms with van der Waals surface area (Å²) in [4.78, 5) is 0. The topological polar surface area (TPSA) is 113 Å². The highest BCUT2D eigenvalue weighted by Gasteiger charge is 2.22. The Morgan fingerprint density at radius 3 is 2.83 bits per heavy atom. The van der Waals surface area contributed by atoms with Crippen molar-refractivity contribution in [3.63, 3.8) is 0 Å². The van der Waals surface area contributed by atoms with Crippen LogP contribution in [0, 0.1) is 6.92 Å². The number of aryl methyl sites for hydroxylation is 2. The van der Waals surface area contributed by atoms with Crippen molar-refractivity contribution in [1.29, 1.82) is 0 Å². The average molecular weight is 271 g/mol. The standard InChI is InChI=1S/C9H13N5O3S/c1-6-8(4-14(2)12-6)13-18(16,17)9-7(5-15)3-10-11-9/h3-4,13,15H,5H2,1-2H3,(H,10,11). The predicted octanol–water partition coefficient (Wildman–Crippen LogP) is -0.255. The molecule has 3 N–H and O–H groups in total. The monoisotopic (exact) mass is 271 g/mol. The van der Waals surface area contributed by atoms with E-state index in [4.69, 9.17) is 5.11 Å². The van der Waals surface area contributed by atoms with E-state index in [2.05, 4.69) is 20.0 Å². The second-order valence-electron chi connectivity index (χ2n) is 3.79. The van der Waals surface area contributed by atoms with Crippen LogP contribution >= 0.6 is 0 Å². The van der Waals surface area contributed by atoms with Crippen molar-refractivity contribution in [1.82, 2.24) is 20.0 Å². The van der Waals surface area contributed by atoms with Crippen molar-refractivity contribution in [2.24, 2.45) is 7.05 Å². The molecule has 2 rings (SSSR count). The first kappa shape index (κ1) is 12.6. The summed E-state index contributed by atoms with van der Waals surface area (Å²) in [5.74, 6) is 0. The number of anilines is 1. The third kappa shape index (κ3) is 2.22. The van der Waals surface area contributed by atoms with Crippen LogP contribution < -0.4 is 4.72 Å². The maximum Gasteiger partial charge on any atom is 0.279 e. The Labute approximate surface area is 104 Å². The first-order valence-corrected chi connectivity index (χ1v) is 6.58. The van der Waals surface area contributed by atoms with Crippen LogP contribution in [0.15, 0.2) is 17.4 Å². The number of aliphatic hydroxyl groups is 1. The third-order valence-corrected chi connectivity index (χ3v) is 3.75. The first-order chi connectivity index (χ1) is 8.44. The van der Waals surface area contributed by atoms with Gasteiger partial charge in [-0.15, -0.1) is 0 Å². The van der Waals surface area contributed by atoms with Crippen LogP contribution in [0.25, 0.3) is 0 Å². The molecule has 0 fully saturated rings. The zero-order valence-electron chi connectivity index (χ0n) is 9.88. The molecule has 2 aromatic rings. The molecule has 0 aromatic carbocycles. The van der Waals surface area contributed by atoms with Crippen LogP contribution in [0.1, 0.15) is 11.3 Å². The largest absolute Gasteiger partial charge is 0.392 e. The quantitative estimate of drug-likeness (QED) is 0.709. The van der Waals surface area contributed by atoms with E-state index in [1.54, 1.807) is 20.2 Å². The molecule has 0 saturated carbocycles. The van der Waals surface area contributed by atoms with E-state index in [1.165, 1.54) is 10.9 Å². The molecular formula is C9H13N5O3S. The van der Waals surface area contributed by atoms with Gasteiger partial charge in [-0.2, -0.15) is 18.6 Å². The van der Waals surface area contributed by atoms with Crippen LogP contribution in [-0.4, -0.2) is 33.5 Å². The molecule has 8 nitrogen and oxygen atoms in total. The molecule has 0 atom stereocenters. The van der Waals surface area contributed by atoms with Gasteiger partial charge in [-0.1, -0.05) is 0 Å². The summed E-state index contributed by atoms with van der Waals surface area (Å²) in [5, 5.41) is 18.9. The Kier molecular flexibility index (Phi) is 3.09. The number of H-pyrrole nitrogens is 1. The van der Waals surface area contributed by atoms with Gasteiger partial charge in [0.15, 0.2) is 5.03 Å². The Balaban J connectivity index is 2.36. The maximum atomic E-state index is 12.1. The van der Waals surface area contributed by atoms with Crippen LogP contribution in [-0.2, 0) is 23.7 Å². The molecule has 2 aromatic heterocycles. The fourth-order valence-corrected chi connectivity index (χ4v) is 2.77. The minimum absolute atomic E-state index is 0.145. The molecule has 0 saturated heterocycles. The average Bonchev–Trinajstić information content (AvgIpc) is 2.85. The number of nitrogens with one attached hydrogen (secondary N) is 2. The van der Waals surface area contributed by atoms with Crippen molar-refractivity contribution in [2.75, 3.05) is 4.72 Å². The summed E-state index contributed by atoms with van der Waals surface area (Å²) < 4.78 is 28.0. The van der Waals surface area contributed by atoms with Crippen molar-refractivity contribution >= 4 is 15.7 Å². The molecule has 0 aliphatic carbocycles. The fourth-order valence-electron chi connectivity index (χ4n) is 1.54. The lowest BCUT2D eigenvalue weighted by atomic mass is 10.4. The van der Waals surface area contributed by atoms with E-state index in [1.807, 2.05) is 0 Å². The van der Waals surface area contributed by atoms with Crippen molar-refractivity contribution < 1.29 is 13.5 Å². The predicted molar refractivity (Wildman–Crippen MR) is 63.3 cm³/mol. The zero-order valence-corrected chi connectivity index (χ0v) is 10.7. The number of hydrogen-bond donors (Lipinski definition) is 3. The van der Waals surface area contributed by atoms with E-state index in [-0.39, 0.29) is 10.6 Å². The highest BCUT2D eigenvalue weighted by atomic mass is 32.2. The van der Waals surface area contributed by atoms with Gasteiger partial charge in [-0.3, -0.25) is 14.5 Å². The van der Waals surface area contributed by atoms with E-state index in [0.717, 1.165) is 0 Å². The Morgan fingerprint density at radius 1 is 1.56 bits per heavy atom. The molecule has 2 heterocycles. The summed E-state index contributed by atoms with van der Waals surface area (Å²) in [5.41, 5.74) is 1.16. The van der Waals surface area contributed by atoms with Crippen LogP contribution in [0.4, 0.5) is 5.69 Å². The summed E-state index contributed by atoms with van der Waals surface area (Å²) in [7, 11) is -2.11. The summed E-state index contributed by atoms with van der Waals surface area (Å²) >= 11 is 0. The molecular weight excluding hydrogens is 258 g/mol. The van der Waals surface area contributed by atoms with E-state index in [0.29, 0.717) is 11.4 Å². The van der Waals surface area contributed by atoms with Gasteiger partial charge < -0.3 is 5.11 Å². The Bertz CT molecular complexity index is 658. The highest BCUT2D eigenvalue weighted by Crippen LogP contribution is 2.19. The lowest BCUT2D eigenvalue weighted by molar-refractivity contribution is 0.278. The molecule has 0 bridgehead atoms. The number of aromatic nitrogens is 4. The zero-order chi connectivity index (χ0) is 13.3. The van der Waals surface area contributed by atoms with Crippen molar-refractivity contribution in [3.05, 3.63) is 23.7 Å². The third-order valence-electron chi connectivity index (χ3n) is 2.37. The SMILES string of the molecule is Cc1nn(C)cc1NS(=O)(=O)c1[nH]ncc1CO. The summed E-state index contributed by atoms with van der Waals surface area (Å²) in [6.45, 7) is 1.29. The maximum absolute atomic E-state index is 12.1. The number of aliphatic hydroxyl groups excluding tert-OH is 1. The number of hydrogen-bond acceptors (Lipinski definition) is 5.